The van der Waals surface area contributed by atoms with Crippen molar-refractivity contribution in [1.29, 1.82) is 0 Å². The summed E-state index contributed by atoms with van der Waals surface area (Å²) in [6, 6.07) is 9.66. The van der Waals surface area contributed by atoms with Gasteiger partial charge in [-0.05, 0) is 36.4 Å². The molecule has 0 atom stereocenters. The minimum absolute atomic E-state index is 0.0988. The largest absolute Gasteiger partial charge is 0.493 e. The zero-order valence-corrected chi connectivity index (χ0v) is 13.5. The Morgan fingerprint density at radius 3 is 2.56 bits per heavy atom. The fourth-order valence-electron chi connectivity index (χ4n) is 2.05. The van der Waals surface area contributed by atoms with Crippen LogP contribution in [0.4, 0.5) is 15.8 Å². The number of nitro benzene ring substituents is 1. The van der Waals surface area contributed by atoms with Crippen molar-refractivity contribution in [2.75, 3.05) is 25.6 Å². The molecule has 0 aliphatic carbocycles. The van der Waals surface area contributed by atoms with E-state index < -0.39 is 10.9 Å². The van der Waals surface area contributed by atoms with E-state index in [2.05, 4.69) is 5.32 Å². The Morgan fingerprint density at radius 2 is 1.92 bits per heavy atom. The maximum atomic E-state index is 12.7. The van der Waals surface area contributed by atoms with Crippen LogP contribution in [0.1, 0.15) is 16.8 Å². The number of hydrogen-bond donors (Lipinski definition) is 1. The minimum Gasteiger partial charge on any atom is -0.493 e. The molecule has 25 heavy (non-hydrogen) atoms. The molecule has 0 aliphatic heterocycles. The Kier molecular flexibility index (Phi) is 6.27. The van der Waals surface area contributed by atoms with Gasteiger partial charge in [-0.1, -0.05) is 0 Å². The second-order valence-electron chi connectivity index (χ2n) is 5.03. The predicted molar refractivity (Wildman–Crippen MR) is 89.4 cm³/mol. The monoisotopic (exact) mass is 348 g/mol. The number of carbonyl (C=O) groups is 1. The van der Waals surface area contributed by atoms with Gasteiger partial charge >= 0.3 is 5.97 Å². The van der Waals surface area contributed by atoms with Gasteiger partial charge < -0.3 is 14.8 Å². The van der Waals surface area contributed by atoms with Crippen LogP contribution < -0.4 is 10.1 Å². The molecular weight excluding hydrogens is 331 g/mol. The van der Waals surface area contributed by atoms with Crippen LogP contribution in [0.5, 0.6) is 5.75 Å². The van der Waals surface area contributed by atoms with Gasteiger partial charge in [0.05, 0.1) is 23.7 Å². The number of nitro groups is 1. The van der Waals surface area contributed by atoms with Crippen LogP contribution in [0, 0.1) is 15.9 Å². The first-order valence-corrected chi connectivity index (χ1v) is 7.53. The molecule has 0 saturated heterocycles. The molecule has 2 rings (SSSR count). The number of anilines is 1. The first kappa shape index (κ1) is 18.2. The highest BCUT2D eigenvalue weighted by molar-refractivity contribution is 5.91. The van der Waals surface area contributed by atoms with Gasteiger partial charge in [-0.15, -0.1) is 0 Å². The van der Waals surface area contributed by atoms with Crippen LogP contribution in [-0.4, -0.2) is 31.2 Å². The Morgan fingerprint density at radius 1 is 1.20 bits per heavy atom. The first-order chi connectivity index (χ1) is 12.0. The summed E-state index contributed by atoms with van der Waals surface area (Å²) in [6.07, 6.45) is 0.430. The lowest BCUT2D eigenvalue weighted by molar-refractivity contribution is -0.384. The van der Waals surface area contributed by atoms with Gasteiger partial charge in [0.2, 0.25) is 0 Å². The Balaban J connectivity index is 1.81. The number of esters is 1. The summed E-state index contributed by atoms with van der Waals surface area (Å²) in [5, 5.41) is 13.7. The van der Waals surface area contributed by atoms with E-state index >= 15 is 0 Å². The van der Waals surface area contributed by atoms with Gasteiger partial charge in [0.25, 0.3) is 5.69 Å². The molecule has 0 bridgehead atoms. The molecule has 132 valence electrons. The third-order valence-corrected chi connectivity index (χ3v) is 3.30. The molecule has 0 fully saturated rings. The van der Waals surface area contributed by atoms with Crippen LogP contribution in [0.3, 0.4) is 0 Å². The van der Waals surface area contributed by atoms with Crippen molar-refractivity contribution < 1.29 is 23.6 Å². The van der Waals surface area contributed by atoms with E-state index in [-0.39, 0.29) is 30.3 Å². The zero-order valence-electron chi connectivity index (χ0n) is 13.5. The number of nitrogens with one attached hydrogen (secondary N) is 1. The Bertz CT molecular complexity index is 749. The molecule has 8 heteroatoms. The summed E-state index contributed by atoms with van der Waals surface area (Å²) in [7, 11) is 1.56. The molecule has 7 nitrogen and oxygen atoms in total. The highest BCUT2D eigenvalue weighted by Crippen LogP contribution is 2.25. The fraction of sp³-hybridized carbons (Fsp3) is 0.235. The number of rotatable bonds is 8. The molecule has 0 amide bonds. The minimum atomic E-state index is -0.646. The van der Waals surface area contributed by atoms with Crippen molar-refractivity contribution >= 4 is 17.3 Å². The molecule has 0 heterocycles. The van der Waals surface area contributed by atoms with Crippen molar-refractivity contribution in [1.82, 2.24) is 0 Å². The number of hydrogen-bond acceptors (Lipinski definition) is 6. The van der Waals surface area contributed by atoms with Crippen LogP contribution in [0.25, 0.3) is 0 Å². The lowest BCUT2D eigenvalue weighted by atomic mass is 10.1. The summed E-state index contributed by atoms with van der Waals surface area (Å²) < 4.78 is 23.2. The first-order valence-electron chi connectivity index (χ1n) is 7.53. The normalized spacial score (nSPS) is 10.2. The lowest BCUT2D eigenvalue weighted by Crippen LogP contribution is -2.10. The van der Waals surface area contributed by atoms with E-state index in [4.69, 9.17) is 9.47 Å². The van der Waals surface area contributed by atoms with Crippen molar-refractivity contribution in [3.8, 4) is 5.75 Å². The maximum Gasteiger partial charge on any atom is 0.338 e. The molecule has 0 unspecified atom stereocenters. The summed E-state index contributed by atoms with van der Waals surface area (Å²) >= 11 is 0. The predicted octanol–water partition coefficient (Wildman–Crippen LogP) is 3.40. The second kappa shape index (κ2) is 8.62. The SMILES string of the molecule is CNc1ccc(C(=O)OCCCOc2ccc(F)cc2)cc1[N+](=O)[O-]. The van der Waals surface area contributed by atoms with Gasteiger partial charge in [-0.2, -0.15) is 0 Å². The van der Waals surface area contributed by atoms with Gasteiger partial charge in [0.15, 0.2) is 0 Å². The molecule has 0 radical (unpaired) electrons. The van der Waals surface area contributed by atoms with Crippen molar-refractivity contribution in [2.24, 2.45) is 0 Å². The van der Waals surface area contributed by atoms with Gasteiger partial charge in [-0.25, -0.2) is 9.18 Å². The number of halogens is 1. The fourth-order valence-corrected chi connectivity index (χ4v) is 2.05. The van der Waals surface area contributed by atoms with Crippen molar-refractivity contribution in [2.45, 2.75) is 6.42 Å². The van der Waals surface area contributed by atoms with E-state index in [9.17, 15) is 19.3 Å². The van der Waals surface area contributed by atoms with Gasteiger partial charge in [-0.3, -0.25) is 10.1 Å². The van der Waals surface area contributed by atoms with Crippen LogP contribution in [0.15, 0.2) is 42.5 Å². The molecule has 0 spiro atoms. The van der Waals surface area contributed by atoms with E-state index in [1.807, 2.05) is 0 Å². The number of benzene rings is 2. The number of nitrogens with zero attached hydrogens (tertiary/aromatic N) is 1. The molecular formula is C17H17FN2O5. The van der Waals surface area contributed by atoms with E-state index in [0.717, 1.165) is 0 Å². The van der Waals surface area contributed by atoms with Crippen LogP contribution >= 0.6 is 0 Å². The standard InChI is InChI=1S/C17H17FN2O5/c1-19-15-8-3-12(11-16(15)20(22)23)17(21)25-10-2-9-24-14-6-4-13(18)5-7-14/h3-8,11,19H,2,9-10H2,1H3. The number of ether oxygens (including phenoxy) is 2. The molecule has 0 aliphatic rings. The molecule has 0 saturated carbocycles. The van der Waals surface area contributed by atoms with Crippen LogP contribution in [-0.2, 0) is 4.74 Å². The quantitative estimate of drug-likeness (QED) is 0.340. The average Bonchev–Trinajstić information content (AvgIpc) is 2.62. The Hall–Kier alpha value is -3.16. The molecule has 2 aromatic rings. The van der Waals surface area contributed by atoms with Crippen LogP contribution in [0.2, 0.25) is 0 Å². The number of carbonyl (C=O) groups excluding carboxylic acids is 1. The molecule has 0 aromatic heterocycles. The third-order valence-electron chi connectivity index (χ3n) is 3.30. The van der Waals surface area contributed by atoms with Gasteiger partial charge in [0, 0.05) is 19.5 Å². The van der Waals surface area contributed by atoms with E-state index in [1.165, 1.54) is 42.5 Å². The summed E-state index contributed by atoms with van der Waals surface area (Å²) in [6.45, 7) is 0.388. The van der Waals surface area contributed by atoms with E-state index in [0.29, 0.717) is 17.9 Å². The molecule has 2 aromatic carbocycles. The van der Waals surface area contributed by atoms with E-state index in [1.54, 1.807) is 7.05 Å². The summed E-state index contributed by atoms with van der Waals surface area (Å²) in [5.41, 5.74) is 0.219. The maximum absolute atomic E-state index is 12.7. The highest BCUT2D eigenvalue weighted by atomic mass is 19.1. The highest BCUT2D eigenvalue weighted by Gasteiger charge is 2.17. The van der Waals surface area contributed by atoms with Crippen molar-refractivity contribution in [3.05, 3.63) is 64.0 Å². The second-order valence-corrected chi connectivity index (χ2v) is 5.03. The van der Waals surface area contributed by atoms with Crippen molar-refractivity contribution in [3.63, 3.8) is 0 Å². The summed E-state index contributed by atoms with van der Waals surface area (Å²) in [4.78, 5) is 22.4. The third kappa shape index (κ3) is 5.17. The molecule has 1 N–H and O–H groups in total. The average molecular weight is 348 g/mol. The zero-order chi connectivity index (χ0) is 18.2. The lowest BCUT2D eigenvalue weighted by Gasteiger charge is -2.08. The Labute approximate surface area is 143 Å². The topological polar surface area (TPSA) is 90.7 Å². The van der Waals surface area contributed by atoms with Gasteiger partial charge in [0.1, 0.15) is 17.3 Å². The summed E-state index contributed by atoms with van der Waals surface area (Å²) in [5.74, 6) is -0.474. The smallest absolute Gasteiger partial charge is 0.338 e.